The number of halogens is 1. The molecule has 0 saturated carbocycles. The van der Waals surface area contributed by atoms with E-state index >= 15 is 0 Å². The molecule has 0 aromatic heterocycles. The lowest BCUT2D eigenvalue weighted by Crippen LogP contribution is -2.19. The lowest BCUT2D eigenvalue weighted by molar-refractivity contribution is -0.135. The Hall–Kier alpha value is -0.460. The molecular weight excluding hydrogens is 273 g/mol. The number of Topliss-reactive ketones (excluding diaryl/α,β-unsaturated/α-hetero) is 1. The lowest BCUT2D eigenvalue weighted by atomic mass is 10.2. The highest BCUT2D eigenvalue weighted by molar-refractivity contribution is 14.1. The molecule has 5 heteroatoms. The number of esters is 1. The summed E-state index contributed by atoms with van der Waals surface area (Å²) in [5.41, 5.74) is 0.171. The number of hydrogen-bond donors (Lipinski definition) is 0. The van der Waals surface area contributed by atoms with E-state index in [4.69, 9.17) is 0 Å². The van der Waals surface area contributed by atoms with Crippen molar-refractivity contribution in [2.24, 2.45) is 3.21 Å². The maximum absolute atomic E-state index is 11.0. The molecule has 0 aliphatic heterocycles. The van der Waals surface area contributed by atoms with E-state index in [-0.39, 0.29) is 17.9 Å². The molecule has 0 spiro atoms. The molecule has 4 nitrogen and oxygen atoms in total. The van der Waals surface area contributed by atoms with Gasteiger partial charge in [0.2, 0.25) is 0 Å². The fourth-order valence-corrected chi connectivity index (χ4v) is 0.954. The zero-order valence-corrected chi connectivity index (χ0v) is 9.12. The van der Waals surface area contributed by atoms with Crippen LogP contribution in [0, 0.1) is 0 Å². The summed E-state index contributed by atoms with van der Waals surface area (Å²) >= 11 is 1.67. The third kappa shape index (κ3) is 4.42. The third-order valence-corrected chi connectivity index (χ3v) is 1.61. The van der Waals surface area contributed by atoms with E-state index < -0.39 is 5.97 Å². The highest BCUT2D eigenvalue weighted by Gasteiger charge is 2.13. The summed E-state index contributed by atoms with van der Waals surface area (Å²) in [6, 6.07) is 0. The molecule has 68 valence electrons. The third-order valence-electron chi connectivity index (χ3n) is 1.03. The molecule has 0 radical (unpaired) electrons. The highest BCUT2D eigenvalue weighted by Crippen LogP contribution is 1.97. The zero-order chi connectivity index (χ0) is 9.56. The molecule has 0 N–H and O–H groups in total. The molecule has 0 amide bonds. The summed E-state index contributed by atoms with van der Waals surface area (Å²) in [4.78, 5) is 21.6. The number of hydrogen-bond acceptors (Lipinski definition) is 4. The zero-order valence-electron chi connectivity index (χ0n) is 6.96. The van der Waals surface area contributed by atoms with Gasteiger partial charge in [-0.05, 0) is 13.8 Å². The normalized spacial score (nSPS) is 11.1. The van der Waals surface area contributed by atoms with Gasteiger partial charge in [-0.1, -0.05) is 0 Å². The van der Waals surface area contributed by atoms with Gasteiger partial charge in [0, 0.05) is 0 Å². The van der Waals surface area contributed by atoms with Crippen molar-refractivity contribution in [1.82, 2.24) is 0 Å². The van der Waals surface area contributed by atoms with Gasteiger partial charge in [0.25, 0.3) is 0 Å². The summed E-state index contributed by atoms with van der Waals surface area (Å²) in [5.74, 6) is -0.611. The van der Waals surface area contributed by atoms with Crippen LogP contribution in [0.4, 0.5) is 0 Å². The van der Waals surface area contributed by atoms with E-state index in [2.05, 4.69) is 7.94 Å². The Morgan fingerprint density at radius 3 is 2.42 bits per heavy atom. The minimum absolute atomic E-state index is 0.0434. The first-order valence-electron chi connectivity index (χ1n) is 3.46. The molecule has 0 aliphatic carbocycles. The van der Waals surface area contributed by atoms with Crippen molar-refractivity contribution in [1.29, 1.82) is 0 Å². The summed E-state index contributed by atoms with van der Waals surface area (Å²) in [5, 5.41) is 0. The Labute approximate surface area is 84.9 Å². The van der Waals surface area contributed by atoms with E-state index in [9.17, 15) is 9.59 Å². The van der Waals surface area contributed by atoms with Gasteiger partial charge in [0.15, 0.2) is 0 Å². The average Bonchev–Trinajstić information content (AvgIpc) is 2.00. The van der Waals surface area contributed by atoms with Gasteiger partial charge in [-0.25, -0.2) is 8.00 Å². The molecule has 0 atom stereocenters. The van der Waals surface area contributed by atoms with E-state index in [1.165, 1.54) is 6.92 Å². The first kappa shape index (κ1) is 11.5. The van der Waals surface area contributed by atoms with Crippen molar-refractivity contribution in [3.8, 4) is 0 Å². The SMILES string of the molecule is CCOC(=O)/C(CC(C)=O)=N\I. The van der Waals surface area contributed by atoms with Crippen LogP contribution in [0.25, 0.3) is 0 Å². The summed E-state index contributed by atoms with van der Waals surface area (Å²) in [6.07, 6.45) is 0.0434. The summed E-state index contributed by atoms with van der Waals surface area (Å²) in [7, 11) is 0. The van der Waals surface area contributed by atoms with Crippen LogP contribution < -0.4 is 0 Å². The number of nitrogens with zero attached hydrogens (tertiary/aromatic N) is 1. The van der Waals surface area contributed by atoms with Crippen LogP contribution in [-0.4, -0.2) is 24.1 Å². The van der Waals surface area contributed by atoms with Crippen molar-refractivity contribution < 1.29 is 14.3 Å². The summed E-state index contributed by atoms with van der Waals surface area (Å²) in [6.45, 7) is 3.41. The molecule has 0 heterocycles. The lowest BCUT2D eigenvalue weighted by Gasteiger charge is -2.01. The minimum Gasteiger partial charge on any atom is -0.461 e. The van der Waals surface area contributed by atoms with Gasteiger partial charge >= 0.3 is 5.97 Å². The number of ether oxygens (including phenoxy) is 1. The Kier molecular flexibility index (Phi) is 5.87. The molecule has 0 unspecified atom stereocenters. The van der Waals surface area contributed by atoms with Crippen LogP contribution in [0.15, 0.2) is 3.21 Å². The largest absolute Gasteiger partial charge is 0.461 e. The maximum atomic E-state index is 11.0. The van der Waals surface area contributed by atoms with Crippen LogP contribution in [0.1, 0.15) is 20.3 Å². The van der Waals surface area contributed by atoms with Gasteiger partial charge in [0.05, 0.1) is 35.9 Å². The standard InChI is InChI=1S/C7H10INO3/c1-3-12-7(11)6(9-8)4-5(2)10/h3-4H2,1-2H3/b9-6-. The van der Waals surface area contributed by atoms with Crippen molar-refractivity contribution in [2.45, 2.75) is 20.3 Å². The second-order valence-electron chi connectivity index (χ2n) is 2.13. The van der Waals surface area contributed by atoms with E-state index in [1.807, 2.05) is 0 Å². The van der Waals surface area contributed by atoms with Crippen molar-refractivity contribution in [3.63, 3.8) is 0 Å². The Balaban J connectivity index is 4.17. The second kappa shape index (κ2) is 6.10. The fourth-order valence-electron chi connectivity index (χ4n) is 0.587. The molecular formula is C7H10INO3. The first-order valence-corrected chi connectivity index (χ1v) is 4.42. The topological polar surface area (TPSA) is 55.7 Å². The number of carbonyl (C=O) groups is 2. The first-order chi connectivity index (χ1) is 5.61. The second-order valence-corrected chi connectivity index (χ2v) is 2.61. The number of carbonyl (C=O) groups excluding carboxylic acids is 2. The van der Waals surface area contributed by atoms with Gasteiger partial charge in [0.1, 0.15) is 11.5 Å². The summed E-state index contributed by atoms with van der Waals surface area (Å²) < 4.78 is 8.31. The van der Waals surface area contributed by atoms with Crippen molar-refractivity contribution in [3.05, 3.63) is 0 Å². The Bertz CT molecular complexity index is 213. The molecule has 0 aromatic rings. The highest BCUT2D eigenvalue weighted by atomic mass is 127. The van der Waals surface area contributed by atoms with Crippen LogP contribution in [-0.2, 0) is 14.3 Å². The fraction of sp³-hybridized carbons (Fsp3) is 0.571. The van der Waals surface area contributed by atoms with Gasteiger partial charge < -0.3 is 4.74 Å². The molecule has 0 fully saturated rings. The minimum atomic E-state index is -0.512. The van der Waals surface area contributed by atoms with Crippen LogP contribution in [0.2, 0.25) is 0 Å². The number of ketones is 1. The van der Waals surface area contributed by atoms with Gasteiger partial charge in [-0.15, -0.1) is 0 Å². The Morgan fingerprint density at radius 2 is 2.08 bits per heavy atom. The number of rotatable bonds is 4. The predicted molar refractivity (Wildman–Crippen MR) is 53.4 cm³/mol. The average molecular weight is 283 g/mol. The van der Waals surface area contributed by atoms with Crippen molar-refractivity contribution in [2.75, 3.05) is 6.61 Å². The quantitative estimate of drug-likeness (QED) is 0.444. The van der Waals surface area contributed by atoms with Crippen LogP contribution in [0.3, 0.4) is 0 Å². The van der Waals surface area contributed by atoms with Crippen molar-refractivity contribution >= 4 is 40.3 Å². The predicted octanol–water partition coefficient (Wildman–Crippen LogP) is 1.32. The monoisotopic (exact) mass is 283 g/mol. The molecule has 0 bridgehead atoms. The van der Waals surface area contributed by atoms with Crippen LogP contribution >= 0.6 is 22.9 Å². The van der Waals surface area contributed by atoms with Gasteiger partial charge in [-0.3, -0.25) is 4.79 Å². The molecule has 0 saturated heterocycles. The molecule has 0 aromatic carbocycles. The molecule has 0 rings (SSSR count). The molecule has 12 heavy (non-hydrogen) atoms. The molecule has 0 aliphatic rings. The van der Waals surface area contributed by atoms with E-state index in [1.54, 1.807) is 29.8 Å². The maximum Gasteiger partial charge on any atom is 0.353 e. The van der Waals surface area contributed by atoms with Crippen LogP contribution in [0.5, 0.6) is 0 Å². The smallest absolute Gasteiger partial charge is 0.353 e. The Morgan fingerprint density at radius 1 is 1.50 bits per heavy atom. The van der Waals surface area contributed by atoms with E-state index in [0.29, 0.717) is 6.61 Å². The van der Waals surface area contributed by atoms with Gasteiger partial charge in [-0.2, -0.15) is 0 Å². The van der Waals surface area contributed by atoms with E-state index in [0.717, 1.165) is 0 Å².